The summed E-state index contributed by atoms with van der Waals surface area (Å²) >= 11 is 0. The molecule has 0 atom stereocenters. The fraction of sp³-hybridized carbons (Fsp3) is 0.316. The SMILES string of the molecule is COc1ccc(C(=C2CCNCC2)c2ccncc2)cc1OC. The minimum Gasteiger partial charge on any atom is -0.493 e. The van der Waals surface area contributed by atoms with Gasteiger partial charge >= 0.3 is 0 Å². The molecule has 1 N–H and O–H groups in total. The molecule has 0 aliphatic carbocycles. The van der Waals surface area contributed by atoms with Crippen molar-refractivity contribution in [2.45, 2.75) is 12.8 Å². The number of aromatic nitrogens is 1. The van der Waals surface area contributed by atoms with Gasteiger partial charge in [0.25, 0.3) is 0 Å². The molecule has 0 bridgehead atoms. The van der Waals surface area contributed by atoms with Crippen LogP contribution in [0.15, 0.2) is 48.3 Å². The van der Waals surface area contributed by atoms with Crippen LogP contribution in [0, 0.1) is 0 Å². The van der Waals surface area contributed by atoms with Gasteiger partial charge < -0.3 is 14.8 Å². The van der Waals surface area contributed by atoms with Gasteiger partial charge in [-0.15, -0.1) is 0 Å². The quantitative estimate of drug-likeness (QED) is 0.941. The van der Waals surface area contributed by atoms with Crippen LogP contribution in [0.5, 0.6) is 11.5 Å². The summed E-state index contributed by atoms with van der Waals surface area (Å²) in [6.45, 7) is 2.05. The van der Waals surface area contributed by atoms with E-state index in [4.69, 9.17) is 9.47 Å². The Balaban J connectivity index is 2.12. The first-order valence-electron chi connectivity index (χ1n) is 7.89. The summed E-state index contributed by atoms with van der Waals surface area (Å²) in [7, 11) is 3.33. The smallest absolute Gasteiger partial charge is 0.161 e. The fourth-order valence-electron chi connectivity index (χ4n) is 3.06. The number of piperidine rings is 1. The average Bonchev–Trinajstić information content (AvgIpc) is 2.63. The van der Waals surface area contributed by atoms with E-state index in [0.717, 1.165) is 43.0 Å². The molecule has 1 saturated heterocycles. The van der Waals surface area contributed by atoms with E-state index in [9.17, 15) is 0 Å². The van der Waals surface area contributed by atoms with E-state index >= 15 is 0 Å². The largest absolute Gasteiger partial charge is 0.493 e. The Morgan fingerprint density at radius 3 is 2.26 bits per heavy atom. The lowest BCUT2D eigenvalue weighted by Gasteiger charge is -2.21. The molecule has 1 fully saturated rings. The Labute approximate surface area is 137 Å². The number of hydrogen-bond donors (Lipinski definition) is 1. The van der Waals surface area contributed by atoms with Crippen molar-refractivity contribution >= 4 is 5.57 Å². The topological polar surface area (TPSA) is 43.4 Å². The molecule has 23 heavy (non-hydrogen) atoms. The second kappa shape index (κ2) is 7.29. The second-order valence-electron chi connectivity index (χ2n) is 5.53. The number of benzene rings is 1. The van der Waals surface area contributed by atoms with E-state index in [1.807, 2.05) is 18.5 Å². The normalized spacial score (nSPS) is 14.4. The van der Waals surface area contributed by atoms with Gasteiger partial charge in [0.2, 0.25) is 0 Å². The highest BCUT2D eigenvalue weighted by Gasteiger charge is 2.16. The van der Waals surface area contributed by atoms with Crippen molar-refractivity contribution in [2.24, 2.45) is 0 Å². The van der Waals surface area contributed by atoms with Crippen LogP contribution < -0.4 is 14.8 Å². The van der Waals surface area contributed by atoms with E-state index < -0.39 is 0 Å². The highest BCUT2D eigenvalue weighted by Crippen LogP contribution is 2.36. The Morgan fingerprint density at radius 2 is 1.61 bits per heavy atom. The molecule has 1 aliphatic rings. The van der Waals surface area contributed by atoms with Crippen molar-refractivity contribution in [1.82, 2.24) is 10.3 Å². The van der Waals surface area contributed by atoms with Crippen molar-refractivity contribution in [2.75, 3.05) is 27.3 Å². The summed E-state index contributed by atoms with van der Waals surface area (Å²) in [6, 6.07) is 10.3. The van der Waals surface area contributed by atoms with Gasteiger partial charge in [0.15, 0.2) is 11.5 Å². The van der Waals surface area contributed by atoms with Crippen molar-refractivity contribution < 1.29 is 9.47 Å². The number of nitrogens with one attached hydrogen (secondary N) is 1. The summed E-state index contributed by atoms with van der Waals surface area (Å²) in [5.41, 5.74) is 5.12. The molecule has 1 aromatic heterocycles. The fourth-order valence-corrected chi connectivity index (χ4v) is 3.06. The van der Waals surface area contributed by atoms with E-state index in [1.54, 1.807) is 14.2 Å². The van der Waals surface area contributed by atoms with Crippen LogP contribution in [-0.4, -0.2) is 32.3 Å². The number of hydrogen-bond acceptors (Lipinski definition) is 4. The molecule has 0 saturated carbocycles. The minimum absolute atomic E-state index is 0.751. The van der Waals surface area contributed by atoms with Crippen LogP contribution in [0.3, 0.4) is 0 Å². The third kappa shape index (κ3) is 3.37. The predicted molar refractivity (Wildman–Crippen MR) is 91.9 cm³/mol. The van der Waals surface area contributed by atoms with E-state index in [1.165, 1.54) is 16.7 Å². The zero-order chi connectivity index (χ0) is 16.1. The number of pyridine rings is 1. The Hall–Kier alpha value is -2.33. The molecule has 120 valence electrons. The molecular weight excluding hydrogens is 288 g/mol. The van der Waals surface area contributed by atoms with Gasteiger partial charge in [-0.3, -0.25) is 4.98 Å². The van der Waals surface area contributed by atoms with Crippen LogP contribution >= 0.6 is 0 Å². The van der Waals surface area contributed by atoms with Crippen molar-refractivity contribution in [3.05, 3.63) is 59.4 Å². The third-order valence-electron chi connectivity index (χ3n) is 4.20. The molecule has 2 heterocycles. The summed E-state index contributed by atoms with van der Waals surface area (Å²) in [5, 5.41) is 3.42. The number of ether oxygens (including phenoxy) is 2. The number of rotatable bonds is 4. The van der Waals surface area contributed by atoms with Crippen LogP contribution in [0.25, 0.3) is 5.57 Å². The van der Waals surface area contributed by atoms with Gasteiger partial charge in [-0.2, -0.15) is 0 Å². The highest BCUT2D eigenvalue weighted by atomic mass is 16.5. The van der Waals surface area contributed by atoms with E-state index in [2.05, 4.69) is 34.6 Å². The molecule has 1 aromatic carbocycles. The molecule has 3 rings (SSSR count). The molecule has 4 nitrogen and oxygen atoms in total. The van der Waals surface area contributed by atoms with Crippen molar-refractivity contribution in [1.29, 1.82) is 0 Å². The maximum atomic E-state index is 5.48. The molecular formula is C19H22N2O2. The maximum absolute atomic E-state index is 5.48. The molecule has 1 aliphatic heterocycles. The standard InChI is InChI=1S/C19H22N2O2/c1-22-17-4-3-16(13-18(17)23-2)19(14-5-9-20-10-6-14)15-7-11-21-12-8-15/h3-6,9-10,13,21H,7-8,11-12H2,1-2H3. The van der Waals surface area contributed by atoms with E-state index in [0.29, 0.717) is 0 Å². The molecule has 0 radical (unpaired) electrons. The molecule has 0 amide bonds. The lowest BCUT2D eigenvalue weighted by molar-refractivity contribution is 0.355. The zero-order valence-electron chi connectivity index (χ0n) is 13.6. The van der Waals surface area contributed by atoms with E-state index in [-0.39, 0.29) is 0 Å². The lowest BCUT2D eigenvalue weighted by Crippen LogP contribution is -2.23. The molecule has 4 heteroatoms. The summed E-state index contributed by atoms with van der Waals surface area (Å²) in [4.78, 5) is 4.15. The maximum Gasteiger partial charge on any atom is 0.161 e. The van der Waals surface area contributed by atoms with Crippen LogP contribution in [-0.2, 0) is 0 Å². The second-order valence-corrected chi connectivity index (χ2v) is 5.53. The van der Waals surface area contributed by atoms with Gasteiger partial charge in [0.05, 0.1) is 14.2 Å². The molecule has 0 spiro atoms. The number of methoxy groups -OCH3 is 2. The van der Waals surface area contributed by atoms with Crippen LogP contribution in [0.2, 0.25) is 0 Å². The van der Waals surface area contributed by atoms with Crippen molar-refractivity contribution in [3.8, 4) is 11.5 Å². The third-order valence-corrected chi connectivity index (χ3v) is 4.20. The van der Waals surface area contributed by atoms with Gasteiger partial charge in [-0.25, -0.2) is 0 Å². The number of nitrogens with zero attached hydrogens (tertiary/aromatic N) is 1. The lowest BCUT2D eigenvalue weighted by atomic mass is 9.89. The highest BCUT2D eigenvalue weighted by molar-refractivity contribution is 5.83. The first-order valence-corrected chi connectivity index (χ1v) is 7.89. The molecule has 2 aromatic rings. The minimum atomic E-state index is 0.751. The first-order chi connectivity index (χ1) is 11.3. The monoisotopic (exact) mass is 310 g/mol. The van der Waals surface area contributed by atoms with Crippen LogP contribution in [0.1, 0.15) is 24.0 Å². The van der Waals surface area contributed by atoms with Gasteiger partial charge in [0.1, 0.15) is 0 Å². The first kappa shape index (κ1) is 15.6. The van der Waals surface area contributed by atoms with Crippen LogP contribution in [0.4, 0.5) is 0 Å². The summed E-state index contributed by atoms with van der Waals surface area (Å²) in [5.74, 6) is 1.51. The predicted octanol–water partition coefficient (Wildman–Crippen LogP) is 3.28. The zero-order valence-corrected chi connectivity index (χ0v) is 13.6. The Bertz CT molecular complexity index is 688. The average molecular weight is 310 g/mol. The Morgan fingerprint density at radius 1 is 0.913 bits per heavy atom. The summed E-state index contributed by atoms with van der Waals surface area (Å²) in [6.07, 6.45) is 5.81. The van der Waals surface area contributed by atoms with Gasteiger partial charge in [-0.1, -0.05) is 11.6 Å². The van der Waals surface area contributed by atoms with Gasteiger partial charge in [0, 0.05) is 12.4 Å². The summed E-state index contributed by atoms with van der Waals surface area (Å²) < 4.78 is 10.8. The van der Waals surface area contributed by atoms with Gasteiger partial charge in [-0.05, 0) is 66.9 Å². The van der Waals surface area contributed by atoms with Crippen molar-refractivity contribution in [3.63, 3.8) is 0 Å². The Kier molecular flexibility index (Phi) is 4.93. The molecule has 0 unspecified atom stereocenters.